The highest BCUT2D eigenvalue weighted by atomic mass is 35.5. The summed E-state index contributed by atoms with van der Waals surface area (Å²) in [6.45, 7) is 3.95. The second kappa shape index (κ2) is 6.41. The second-order valence-corrected chi connectivity index (χ2v) is 2.96. The Hall–Kier alpha value is -0.300. The highest BCUT2D eigenvalue weighted by Gasteiger charge is 1.99. The molecule has 0 rings (SSSR count). The van der Waals surface area contributed by atoms with Crippen LogP contribution in [0.15, 0.2) is 11.1 Å². The fourth-order valence-corrected chi connectivity index (χ4v) is 0.904. The normalized spacial score (nSPS) is 11.7. The summed E-state index contributed by atoms with van der Waals surface area (Å²) in [6.07, 6.45) is 3.10. The number of halogens is 1. The average molecular weight is 175 g/mol. The van der Waals surface area contributed by atoms with Crippen molar-refractivity contribution in [2.24, 2.45) is 0 Å². The van der Waals surface area contributed by atoms with Crippen molar-refractivity contribution in [2.45, 2.75) is 39.5 Å². The maximum Gasteiger partial charge on any atom is 0.133 e. The van der Waals surface area contributed by atoms with Crippen LogP contribution in [0.3, 0.4) is 0 Å². The van der Waals surface area contributed by atoms with Gasteiger partial charge >= 0.3 is 0 Å². The van der Waals surface area contributed by atoms with Gasteiger partial charge in [0, 0.05) is 18.4 Å². The number of allylic oxidation sites excluding steroid dienone is 1. The molecule has 0 aliphatic heterocycles. The van der Waals surface area contributed by atoms with Crippen molar-refractivity contribution >= 4 is 17.4 Å². The minimum atomic E-state index is 0.338. The van der Waals surface area contributed by atoms with Crippen LogP contribution in [0.1, 0.15) is 39.5 Å². The van der Waals surface area contributed by atoms with E-state index in [1.54, 1.807) is 5.54 Å². The van der Waals surface area contributed by atoms with E-state index in [1.165, 1.54) is 0 Å². The molecule has 0 saturated heterocycles. The van der Waals surface area contributed by atoms with Crippen molar-refractivity contribution in [3.8, 4) is 0 Å². The Balaban J connectivity index is 3.46. The summed E-state index contributed by atoms with van der Waals surface area (Å²) in [5.74, 6) is 0.338. The van der Waals surface area contributed by atoms with Gasteiger partial charge in [0.05, 0.1) is 0 Å². The molecular weight excluding hydrogens is 160 g/mol. The first-order valence-corrected chi connectivity index (χ1v) is 4.42. The summed E-state index contributed by atoms with van der Waals surface area (Å²) in [5, 5.41) is 0. The quantitative estimate of drug-likeness (QED) is 0.625. The van der Waals surface area contributed by atoms with Crippen molar-refractivity contribution in [1.82, 2.24) is 0 Å². The van der Waals surface area contributed by atoms with Gasteiger partial charge in [0.1, 0.15) is 5.78 Å². The highest BCUT2D eigenvalue weighted by Crippen LogP contribution is 2.07. The predicted molar refractivity (Wildman–Crippen MR) is 48.8 cm³/mol. The second-order valence-electron chi connectivity index (χ2n) is 2.74. The van der Waals surface area contributed by atoms with Crippen LogP contribution in [-0.2, 0) is 4.79 Å². The molecule has 11 heavy (non-hydrogen) atoms. The summed E-state index contributed by atoms with van der Waals surface area (Å²) in [5.41, 5.74) is 2.62. The van der Waals surface area contributed by atoms with Crippen LogP contribution in [0.4, 0.5) is 0 Å². The zero-order valence-electron chi connectivity index (χ0n) is 7.19. The van der Waals surface area contributed by atoms with Crippen LogP contribution in [0.2, 0.25) is 0 Å². The molecule has 0 saturated carbocycles. The fourth-order valence-electron chi connectivity index (χ4n) is 0.795. The van der Waals surface area contributed by atoms with E-state index in [0.717, 1.165) is 18.4 Å². The number of rotatable bonds is 5. The molecule has 0 aliphatic carbocycles. The maximum absolute atomic E-state index is 11.0. The van der Waals surface area contributed by atoms with Crippen molar-refractivity contribution < 1.29 is 4.79 Å². The van der Waals surface area contributed by atoms with Crippen LogP contribution >= 0.6 is 11.6 Å². The molecule has 2 heteroatoms. The summed E-state index contributed by atoms with van der Waals surface area (Å²) >= 11 is 5.44. The molecule has 0 radical (unpaired) electrons. The van der Waals surface area contributed by atoms with Gasteiger partial charge in [0.2, 0.25) is 0 Å². The molecule has 0 bridgehead atoms. The average Bonchev–Trinajstić information content (AvgIpc) is 2.01. The van der Waals surface area contributed by atoms with Gasteiger partial charge in [0.15, 0.2) is 0 Å². The lowest BCUT2D eigenvalue weighted by Gasteiger charge is -1.97. The lowest BCUT2D eigenvalue weighted by molar-refractivity contribution is -0.119. The Morgan fingerprint density at radius 3 is 2.45 bits per heavy atom. The Labute approximate surface area is 73.4 Å². The topological polar surface area (TPSA) is 17.1 Å². The lowest BCUT2D eigenvalue weighted by atomic mass is 10.1. The van der Waals surface area contributed by atoms with Crippen molar-refractivity contribution in [1.29, 1.82) is 0 Å². The van der Waals surface area contributed by atoms with E-state index in [0.29, 0.717) is 18.6 Å². The third-order valence-corrected chi connectivity index (χ3v) is 1.89. The molecule has 0 fully saturated rings. The summed E-state index contributed by atoms with van der Waals surface area (Å²) in [7, 11) is 0. The molecular formula is C9H15ClO. The van der Waals surface area contributed by atoms with Crippen LogP contribution < -0.4 is 0 Å². The minimum Gasteiger partial charge on any atom is -0.300 e. The van der Waals surface area contributed by atoms with Gasteiger partial charge in [-0.2, -0.15) is 0 Å². The van der Waals surface area contributed by atoms with Crippen LogP contribution in [0.25, 0.3) is 0 Å². The van der Waals surface area contributed by atoms with Crippen LogP contribution in [-0.4, -0.2) is 5.78 Å². The van der Waals surface area contributed by atoms with E-state index in [1.807, 2.05) is 13.8 Å². The maximum atomic E-state index is 11.0. The van der Waals surface area contributed by atoms with E-state index >= 15 is 0 Å². The van der Waals surface area contributed by atoms with Gasteiger partial charge in [-0.05, 0) is 19.8 Å². The molecule has 0 amide bonds. The lowest BCUT2D eigenvalue weighted by Crippen LogP contribution is -1.96. The number of carbonyl (C=O) groups is 1. The zero-order chi connectivity index (χ0) is 8.69. The Bertz CT molecular complexity index is 150. The standard InChI is InChI=1S/C9H15ClO/c1-3-4-9(11)6-5-8(2)7-10/h7H,3-6H2,1-2H3. The number of hydrogen-bond donors (Lipinski definition) is 0. The molecule has 0 N–H and O–H groups in total. The largest absolute Gasteiger partial charge is 0.300 e. The van der Waals surface area contributed by atoms with Gasteiger partial charge in [-0.3, -0.25) is 4.79 Å². The van der Waals surface area contributed by atoms with Gasteiger partial charge in [-0.15, -0.1) is 0 Å². The van der Waals surface area contributed by atoms with Crippen molar-refractivity contribution in [3.05, 3.63) is 11.1 Å². The van der Waals surface area contributed by atoms with Gasteiger partial charge in [-0.1, -0.05) is 24.1 Å². The summed E-state index contributed by atoms with van der Waals surface area (Å²) in [4.78, 5) is 11.0. The predicted octanol–water partition coefficient (Wildman–Crippen LogP) is 3.28. The first-order valence-electron chi connectivity index (χ1n) is 3.98. The van der Waals surface area contributed by atoms with Gasteiger partial charge in [-0.25, -0.2) is 0 Å². The number of ketones is 1. The molecule has 0 unspecified atom stereocenters. The van der Waals surface area contributed by atoms with Crippen molar-refractivity contribution in [2.75, 3.05) is 0 Å². The van der Waals surface area contributed by atoms with Gasteiger partial charge in [0.25, 0.3) is 0 Å². The monoisotopic (exact) mass is 174 g/mol. The highest BCUT2D eigenvalue weighted by molar-refractivity contribution is 6.25. The molecule has 1 nitrogen and oxygen atoms in total. The molecule has 0 aromatic carbocycles. The Kier molecular flexibility index (Phi) is 6.24. The van der Waals surface area contributed by atoms with E-state index < -0.39 is 0 Å². The molecule has 64 valence electrons. The van der Waals surface area contributed by atoms with Crippen LogP contribution in [0, 0.1) is 0 Å². The van der Waals surface area contributed by atoms with Crippen LogP contribution in [0.5, 0.6) is 0 Å². The van der Waals surface area contributed by atoms with Gasteiger partial charge < -0.3 is 0 Å². The molecule has 0 aromatic rings. The molecule has 0 heterocycles. The van der Waals surface area contributed by atoms with Crippen molar-refractivity contribution in [3.63, 3.8) is 0 Å². The summed E-state index contributed by atoms with van der Waals surface area (Å²) in [6, 6.07) is 0. The zero-order valence-corrected chi connectivity index (χ0v) is 7.95. The third-order valence-electron chi connectivity index (χ3n) is 1.51. The Morgan fingerprint density at radius 2 is 2.00 bits per heavy atom. The van der Waals surface area contributed by atoms with E-state index in [2.05, 4.69) is 0 Å². The first-order chi connectivity index (χ1) is 5.20. The molecule has 0 spiro atoms. The third kappa shape index (κ3) is 6.11. The number of hydrogen-bond acceptors (Lipinski definition) is 1. The van der Waals surface area contributed by atoms with E-state index in [9.17, 15) is 4.79 Å². The molecule has 0 aromatic heterocycles. The SMILES string of the molecule is CCCC(=O)CCC(C)=CCl. The number of carbonyl (C=O) groups excluding carboxylic acids is 1. The van der Waals surface area contributed by atoms with E-state index in [4.69, 9.17) is 11.6 Å². The molecule has 0 aliphatic rings. The smallest absolute Gasteiger partial charge is 0.133 e. The minimum absolute atomic E-state index is 0.338. The number of Topliss-reactive ketones (excluding diaryl/α,β-unsaturated/α-hetero) is 1. The Morgan fingerprint density at radius 1 is 1.36 bits per heavy atom. The first kappa shape index (κ1) is 10.7. The summed E-state index contributed by atoms with van der Waals surface area (Å²) < 4.78 is 0. The molecule has 0 atom stereocenters. The van der Waals surface area contributed by atoms with E-state index in [-0.39, 0.29) is 0 Å². The fraction of sp³-hybridized carbons (Fsp3) is 0.667.